The van der Waals surface area contributed by atoms with Crippen LogP contribution in [0.5, 0.6) is 5.75 Å². The van der Waals surface area contributed by atoms with E-state index in [2.05, 4.69) is 33.0 Å². The smallest absolute Gasteiger partial charge is 0.262 e. The number of amides is 1. The lowest BCUT2D eigenvalue weighted by Crippen LogP contribution is -2.31. The molecule has 3 aromatic carbocycles. The highest BCUT2D eigenvalue weighted by Gasteiger charge is 2.35. The Morgan fingerprint density at radius 2 is 1.58 bits per heavy atom. The van der Waals surface area contributed by atoms with Crippen LogP contribution in [0.25, 0.3) is 0 Å². The Kier molecular flexibility index (Phi) is 8.42. The standard InChI is InChI=1S/C31H36FNO3/c1-20(2)22-7-13-27(14-8-22)33-30(34)19-35-28-15-9-24(10-16-28)31-29(21(3)4)17-25(18-36-31)23-5-11-26(32)12-6-23/h5-16,20-21,25,29,31H,17-19H2,1-4H3,(H,33,34)/t25-,29-,31-/m0/s1. The predicted octanol–water partition coefficient (Wildman–Crippen LogP) is 7.48. The maximum atomic E-state index is 13.3. The Morgan fingerprint density at radius 3 is 2.19 bits per heavy atom. The zero-order chi connectivity index (χ0) is 25.7. The lowest BCUT2D eigenvalue weighted by Gasteiger charge is -2.39. The fraction of sp³-hybridized carbons (Fsp3) is 0.387. The van der Waals surface area contributed by atoms with Gasteiger partial charge in [0, 0.05) is 11.6 Å². The molecule has 1 saturated heterocycles. The summed E-state index contributed by atoms with van der Waals surface area (Å²) in [5.74, 6) is 1.72. The van der Waals surface area contributed by atoms with E-state index in [1.54, 1.807) is 0 Å². The minimum Gasteiger partial charge on any atom is -0.484 e. The van der Waals surface area contributed by atoms with Gasteiger partial charge in [-0.15, -0.1) is 0 Å². The van der Waals surface area contributed by atoms with Gasteiger partial charge in [-0.05, 0) is 77.3 Å². The third-order valence-electron chi connectivity index (χ3n) is 7.06. The fourth-order valence-electron chi connectivity index (χ4n) is 4.85. The Bertz CT molecular complexity index is 1120. The second-order valence-corrected chi connectivity index (χ2v) is 10.3. The van der Waals surface area contributed by atoms with E-state index in [0.29, 0.717) is 30.1 Å². The lowest BCUT2D eigenvalue weighted by molar-refractivity contribution is -0.118. The fourth-order valence-corrected chi connectivity index (χ4v) is 4.85. The molecule has 4 nitrogen and oxygen atoms in total. The van der Waals surface area contributed by atoms with Gasteiger partial charge in [-0.1, -0.05) is 64.1 Å². The van der Waals surface area contributed by atoms with Crippen molar-refractivity contribution in [3.8, 4) is 5.75 Å². The van der Waals surface area contributed by atoms with E-state index in [-0.39, 0.29) is 30.4 Å². The second-order valence-electron chi connectivity index (χ2n) is 10.3. The van der Waals surface area contributed by atoms with Crippen LogP contribution in [0.3, 0.4) is 0 Å². The molecule has 0 aliphatic carbocycles. The molecule has 1 aliphatic rings. The largest absolute Gasteiger partial charge is 0.484 e. The predicted molar refractivity (Wildman–Crippen MR) is 142 cm³/mol. The molecule has 1 amide bonds. The third-order valence-corrected chi connectivity index (χ3v) is 7.06. The number of rotatable bonds is 8. The molecule has 1 heterocycles. The molecule has 1 fully saturated rings. The van der Waals surface area contributed by atoms with Gasteiger partial charge in [-0.2, -0.15) is 0 Å². The van der Waals surface area contributed by atoms with E-state index in [0.717, 1.165) is 23.2 Å². The van der Waals surface area contributed by atoms with Gasteiger partial charge in [0.05, 0.1) is 12.7 Å². The molecule has 0 bridgehead atoms. The van der Waals surface area contributed by atoms with Crippen molar-refractivity contribution < 1.29 is 18.7 Å². The van der Waals surface area contributed by atoms with Crippen LogP contribution >= 0.6 is 0 Å². The molecule has 1 N–H and O–H groups in total. The van der Waals surface area contributed by atoms with Crippen molar-refractivity contribution in [2.75, 3.05) is 18.5 Å². The maximum absolute atomic E-state index is 13.3. The lowest BCUT2D eigenvalue weighted by atomic mass is 9.76. The topological polar surface area (TPSA) is 47.6 Å². The summed E-state index contributed by atoms with van der Waals surface area (Å²) < 4.78 is 25.4. The van der Waals surface area contributed by atoms with Gasteiger partial charge < -0.3 is 14.8 Å². The van der Waals surface area contributed by atoms with Gasteiger partial charge in [0.15, 0.2) is 6.61 Å². The third kappa shape index (κ3) is 6.52. The molecular weight excluding hydrogens is 453 g/mol. The number of ether oxygens (including phenoxy) is 2. The molecule has 36 heavy (non-hydrogen) atoms. The highest BCUT2D eigenvalue weighted by molar-refractivity contribution is 5.91. The summed E-state index contributed by atoms with van der Waals surface area (Å²) in [4.78, 5) is 12.3. The van der Waals surface area contributed by atoms with Gasteiger partial charge in [0.25, 0.3) is 5.91 Å². The van der Waals surface area contributed by atoms with Crippen LogP contribution in [0.15, 0.2) is 72.8 Å². The zero-order valence-electron chi connectivity index (χ0n) is 21.5. The average molecular weight is 490 g/mol. The average Bonchev–Trinajstić information content (AvgIpc) is 2.88. The van der Waals surface area contributed by atoms with Crippen LogP contribution in [0.2, 0.25) is 0 Å². The molecule has 5 heteroatoms. The van der Waals surface area contributed by atoms with E-state index in [9.17, 15) is 9.18 Å². The summed E-state index contributed by atoms with van der Waals surface area (Å²) in [6.45, 7) is 9.28. The molecule has 3 aromatic rings. The summed E-state index contributed by atoms with van der Waals surface area (Å²) in [5, 5.41) is 2.88. The zero-order valence-corrected chi connectivity index (χ0v) is 21.5. The summed E-state index contributed by atoms with van der Waals surface area (Å²) in [6, 6.07) is 22.5. The molecule has 3 atom stereocenters. The number of hydrogen-bond acceptors (Lipinski definition) is 3. The quantitative estimate of drug-likeness (QED) is 0.357. The highest BCUT2D eigenvalue weighted by Crippen LogP contribution is 2.43. The van der Waals surface area contributed by atoms with Crippen molar-refractivity contribution in [2.24, 2.45) is 11.8 Å². The Balaban J connectivity index is 1.33. The van der Waals surface area contributed by atoms with E-state index in [1.807, 2.05) is 60.7 Å². The molecule has 190 valence electrons. The summed E-state index contributed by atoms with van der Waals surface area (Å²) >= 11 is 0. The van der Waals surface area contributed by atoms with E-state index in [4.69, 9.17) is 9.47 Å². The van der Waals surface area contributed by atoms with Gasteiger partial charge >= 0.3 is 0 Å². The Labute approximate surface area is 213 Å². The summed E-state index contributed by atoms with van der Waals surface area (Å²) in [7, 11) is 0. The molecule has 0 spiro atoms. The normalized spacial score (nSPS) is 19.9. The van der Waals surface area contributed by atoms with Crippen molar-refractivity contribution in [3.63, 3.8) is 0 Å². The first-order valence-electron chi connectivity index (χ1n) is 12.8. The Hall–Kier alpha value is -3.18. The number of hydrogen-bond donors (Lipinski definition) is 1. The first-order valence-corrected chi connectivity index (χ1v) is 12.8. The molecule has 1 aliphatic heterocycles. The van der Waals surface area contributed by atoms with Crippen molar-refractivity contribution in [1.82, 2.24) is 0 Å². The van der Waals surface area contributed by atoms with Crippen LogP contribution in [0.1, 0.15) is 68.7 Å². The number of carbonyl (C=O) groups is 1. The van der Waals surface area contributed by atoms with E-state index in [1.165, 1.54) is 17.7 Å². The van der Waals surface area contributed by atoms with E-state index >= 15 is 0 Å². The second kappa shape index (κ2) is 11.7. The summed E-state index contributed by atoms with van der Waals surface area (Å²) in [6.07, 6.45) is 0.984. The summed E-state index contributed by atoms with van der Waals surface area (Å²) in [5.41, 5.74) is 4.22. The van der Waals surface area contributed by atoms with Crippen LogP contribution in [0.4, 0.5) is 10.1 Å². The number of anilines is 1. The highest BCUT2D eigenvalue weighted by atomic mass is 19.1. The molecule has 4 rings (SSSR count). The van der Waals surface area contributed by atoms with Crippen molar-refractivity contribution in [3.05, 3.63) is 95.3 Å². The van der Waals surface area contributed by atoms with Crippen LogP contribution in [-0.2, 0) is 9.53 Å². The number of nitrogens with one attached hydrogen (secondary N) is 1. The first-order chi connectivity index (χ1) is 17.3. The molecule has 0 aromatic heterocycles. The monoisotopic (exact) mass is 489 g/mol. The van der Waals surface area contributed by atoms with Crippen molar-refractivity contribution in [1.29, 1.82) is 0 Å². The van der Waals surface area contributed by atoms with Gasteiger partial charge in [0.1, 0.15) is 11.6 Å². The van der Waals surface area contributed by atoms with Crippen LogP contribution in [0, 0.1) is 17.7 Å². The minimum atomic E-state index is -0.214. The molecular formula is C31H36FNO3. The van der Waals surface area contributed by atoms with E-state index < -0.39 is 0 Å². The molecule has 0 radical (unpaired) electrons. The maximum Gasteiger partial charge on any atom is 0.262 e. The van der Waals surface area contributed by atoms with Crippen molar-refractivity contribution in [2.45, 2.75) is 52.1 Å². The minimum absolute atomic E-state index is 0.00661. The van der Waals surface area contributed by atoms with Crippen molar-refractivity contribution >= 4 is 11.6 Å². The Morgan fingerprint density at radius 1 is 0.944 bits per heavy atom. The number of carbonyl (C=O) groups excluding carboxylic acids is 1. The van der Waals surface area contributed by atoms with Gasteiger partial charge in [-0.3, -0.25) is 4.79 Å². The van der Waals surface area contributed by atoms with Crippen LogP contribution in [-0.4, -0.2) is 19.1 Å². The van der Waals surface area contributed by atoms with Crippen LogP contribution < -0.4 is 10.1 Å². The molecule has 0 saturated carbocycles. The van der Waals surface area contributed by atoms with Gasteiger partial charge in [0.2, 0.25) is 0 Å². The molecule has 0 unspecified atom stereocenters. The first kappa shape index (κ1) is 25.9. The van der Waals surface area contributed by atoms with Gasteiger partial charge in [-0.25, -0.2) is 4.39 Å². The number of halogens is 1. The number of benzene rings is 3. The SMILES string of the molecule is CC(C)c1ccc(NC(=O)COc2ccc([C@@H]3OC[C@@H](c4ccc(F)cc4)C[C@H]3C(C)C)cc2)cc1.